The van der Waals surface area contributed by atoms with Crippen LogP contribution < -0.4 is 5.32 Å². The number of nitrogens with zero attached hydrogens (tertiary/aromatic N) is 2. The fraction of sp³-hybridized carbons (Fsp3) is 0.600. The van der Waals surface area contributed by atoms with Gasteiger partial charge >= 0.3 is 0 Å². The fourth-order valence-corrected chi connectivity index (χ4v) is 2.55. The minimum atomic E-state index is -0.0725. The summed E-state index contributed by atoms with van der Waals surface area (Å²) in [5, 5.41) is 3.34. The predicted molar refractivity (Wildman–Crippen MR) is 77.1 cm³/mol. The number of carbonyl (C=O) groups excluding carboxylic acids is 1. The van der Waals surface area contributed by atoms with Crippen molar-refractivity contribution < 1.29 is 9.53 Å². The Morgan fingerprint density at radius 3 is 2.80 bits per heavy atom. The normalized spacial score (nSPS) is 21.9. The zero-order valence-corrected chi connectivity index (χ0v) is 12.2. The van der Waals surface area contributed by atoms with Crippen molar-refractivity contribution in [2.45, 2.75) is 26.4 Å². The van der Waals surface area contributed by atoms with Crippen LogP contribution in [-0.4, -0.2) is 48.1 Å². The molecule has 20 heavy (non-hydrogen) atoms. The Hall–Kier alpha value is -1.46. The van der Waals surface area contributed by atoms with Crippen LogP contribution in [0.5, 0.6) is 0 Å². The number of hydrogen-bond acceptors (Lipinski definition) is 4. The number of ether oxygens (including phenoxy) is 1. The second-order valence-corrected chi connectivity index (χ2v) is 5.02. The van der Waals surface area contributed by atoms with Crippen LogP contribution in [0.4, 0.5) is 0 Å². The monoisotopic (exact) mass is 277 g/mol. The van der Waals surface area contributed by atoms with Crippen molar-refractivity contribution in [1.82, 2.24) is 15.2 Å². The highest BCUT2D eigenvalue weighted by atomic mass is 16.5. The Labute approximate surface area is 120 Å². The molecule has 0 spiro atoms. The van der Waals surface area contributed by atoms with Crippen LogP contribution in [0.25, 0.3) is 0 Å². The minimum absolute atomic E-state index is 0.0725. The summed E-state index contributed by atoms with van der Waals surface area (Å²) in [6.07, 6.45) is 3.52. The number of amides is 1. The summed E-state index contributed by atoms with van der Waals surface area (Å²) in [5.74, 6) is 0.101. The molecule has 2 heterocycles. The van der Waals surface area contributed by atoms with E-state index in [0.29, 0.717) is 26.3 Å². The molecule has 2 rings (SSSR count). The van der Waals surface area contributed by atoms with E-state index in [1.54, 1.807) is 12.4 Å². The maximum atomic E-state index is 12.7. The smallest absolute Gasteiger partial charge is 0.229 e. The van der Waals surface area contributed by atoms with Gasteiger partial charge in [-0.05, 0) is 31.2 Å². The number of hydrogen-bond donors (Lipinski definition) is 1. The average Bonchev–Trinajstić information content (AvgIpc) is 2.94. The lowest BCUT2D eigenvalue weighted by Gasteiger charge is -2.26. The molecule has 0 aliphatic carbocycles. The Morgan fingerprint density at radius 2 is 2.15 bits per heavy atom. The number of carbonyl (C=O) groups is 1. The maximum absolute atomic E-state index is 12.7. The third-order valence-electron chi connectivity index (χ3n) is 3.68. The largest absolute Gasteiger partial charge is 0.379 e. The van der Waals surface area contributed by atoms with E-state index in [-0.39, 0.29) is 17.9 Å². The van der Waals surface area contributed by atoms with Crippen LogP contribution in [0.2, 0.25) is 0 Å². The second kappa shape index (κ2) is 7.36. The molecule has 0 bridgehead atoms. The summed E-state index contributed by atoms with van der Waals surface area (Å²) >= 11 is 0. The van der Waals surface area contributed by atoms with Gasteiger partial charge in [0.1, 0.15) is 0 Å². The van der Waals surface area contributed by atoms with Gasteiger partial charge in [0, 0.05) is 31.5 Å². The van der Waals surface area contributed by atoms with Crippen LogP contribution in [0.1, 0.15) is 19.4 Å². The molecule has 1 aliphatic rings. The molecule has 2 unspecified atom stereocenters. The lowest BCUT2D eigenvalue weighted by molar-refractivity contribution is -0.136. The molecule has 1 fully saturated rings. The molecule has 0 saturated carbocycles. The van der Waals surface area contributed by atoms with Gasteiger partial charge in [0.15, 0.2) is 0 Å². The first-order valence-corrected chi connectivity index (χ1v) is 7.25. The molecule has 1 N–H and O–H groups in total. The Kier molecular flexibility index (Phi) is 5.49. The van der Waals surface area contributed by atoms with Gasteiger partial charge in [0.2, 0.25) is 5.91 Å². The maximum Gasteiger partial charge on any atom is 0.229 e. The minimum Gasteiger partial charge on any atom is -0.379 e. The first-order chi connectivity index (χ1) is 9.76. The van der Waals surface area contributed by atoms with Crippen molar-refractivity contribution >= 4 is 5.91 Å². The number of aromatic nitrogens is 1. The highest BCUT2D eigenvalue weighted by molar-refractivity contribution is 5.80. The zero-order chi connectivity index (χ0) is 14.4. The van der Waals surface area contributed by atoms with Crippen molar-refractivity contribution in [3.05, 3.63) is 30.1 Å². The molecule has 1 amide bonds. The SMILES string of the molecule is CCNC1COCC1C(=O)N(CC)Cc1ccncc1. The van der Waals surface area contributed by atoms with E-state index in [4.69, 9.17) is 4.74 Å². The molecule has 1 aromatic rings. The first-order valence-electron chi connectivity index (χ1n) is 7.25. The van der Waals surface area contributed by atoms with E-state index in [0.717, 1.165) is 12.1 Å². The summed E-state index contributed by atoms with van der Waals surface area (Å²) in [6, 6.07) is 4.03. The Bertz CT molecular complexity index is 424. The summed E-state index contributed by atoms with van der Waals surface area (Å²) in [5.41, 5.74) is 1.11. The quantitative estimate of drug-likeness (QED) is 0.844. The molecule has 5 heteroatoms. The van der Waals surface area contributed by atoms with Gasteiger partial charge in [0.05, 0.1) is 19.1 Å². The average molecular weight is 277 g/mol. The van der Waals surface area contributed by atoms with Crippen molar-refractivity contribution in [1.29, 1.82) is 0 Å². The van der Waals surface area contributed by atoms with Crippen LogP contribution >= 0.6 is 0 Å². The van der Waals surface area contributed by atoms with Gasteiger partial charge in [-0.25, -0.2) is 0 Å². The molecule has 1 saturated heterocycles. The van der Waals surface area contributed by atoms with Crippen LogP contribution in [0.15, 0.2) is 24.5 Å². The van der Waals surface area contributed by atoms with E-state index >= 15 is 0 Å². The highest BCUT2D eigenvalue weighted by Crippen LogP contribution is 2.18. The number of pyridine rings is 1. The van der Waals surface area contributed by atoms with E-state index in [2.05, 4.69) is 17.2 Å². The number of likely N-dealkylation sites (N-methyl/N-ethyl adjacent to an activating group) is 1. The lowest BCUT2D eigenvalue weighted by Crippen LogP contribution is -2.45. The highest BCUT2D eigenvalue weighted by Gasteiger charge is 2.35. The molecule has 2 atom stereocenters. The van der Waals surface area contributed by atoms with Crippen molar-refractivity contribution in [2.24, 2.45) is 5.92 Å². The van der Waals surface area contributed by atoms with Gasteiger partial charge in [-0.2, -0.15) is 0 Å². The van der Waals surface area contributed by atoms with Gasteiger partial charge in [0.25, 0.3) is 0 Å². The number of nitrogens with one attached hydrogen (secondary N) is 1. The molecule has 110 valence electrons. The van der Waals surface area contributed by atoms with Crippen LogP contribution in [-0.2, 0) is 16.1 Å². The Balaban J connectivity index is 2.01. The molecule has 0 aromatic carbocycles. The molecule has 5 nitrogen and oxygen atoms in total. The standard InChI is InChI=1S/C15H23N3O2/c1-3-17-14-11-20-10-13(14)15(19)18(4-2)9-12-5-7-16-8-6-12/h5-8,13-14,17H,3-4,9-11H2,1-2H3. The molecule has 0 radical (unpaired) electrons. The molecule has 1 aliphatic heterocycles. The van der Waals surface area contributed by atoms with E-state index < -0.39 is 0 Å². The first kappa shape index (κ1) is 14.9. The fourth-order valence-electron chi connectivity index (χ4n) is 2.55. The molecular weight excluding hydrogens is 254 g/mol. The van der Waals surface area contributed by atoms with Crippen LogP contribution in [0.3, 0.4) is 0 Å². The third kappa shape index (κ3) is 3.55. The zero-order valence-electron chi connectivity index (χ0n) is 12.2. The Morgan fingerprint density at radius 1 is 1.40 bits per heavy atom. The molecular formula is C15H23N3O2. The van der Waals surface area contributed by atoms with Crippen molar-refractivity contribution in [3.8, 4) is 0 Å². The topological polar surface area (TPSA) is 54.5 Å². The van der Waals surface area contributed by atoms with E-state index in [1.807, 2.05) is 24.0 Å². The summed E-state index contributed by atoms with van der Waals surface area (Å²) < 4.78 is 5.47. The third-order valence-corrected chi connectivity index (χ3v) is 3.68. The summed E-state index contributed by atoms with van der Waals surface area (Å²) in [7, 11) is 0. The van der Waals surface area contributed by atoms with E-state index in [9.17, 15) is 4.79 Å². The van der Waals surface area contributed by atoms with Gasteiger partial charge < -0.3 is 15.0 Å². The summed E-state index contributed by atoms with van der Waals surface area (Å²) in [6.45, 7) is 7.39. The van der Waals surface area contributed by atoms with Crippen LogP contribution in [0, 0.1) is 5.92 Å². The summed E-state index contributed by atoms with van der Waals surface area (Å²) in [4.78, 5) is 18.5. The lowest BCUT2D eigenvalue weighted by atomic mass is 10.0. The van der Waals surface area contributed by atoms with Gasteiger partial charge in [-0.15, -0.1) is 0 Å². The van der Waals surface area contributed by atoms with E-state index in [1.165, 1.54) is 0 Å². The van der Waals surface area contributed by atoms with Crippen molar-refractivity contribution in [3.63, 3.8) is 0 Å². The molecule has 1 aromatic heterocycles. The van der Waals surface area contributed by atoms with Gasteiger partial charge in [-0.3, -0.25) is 9.78 Å². The number of rotatable bonds is 6. The van der Waals surface area contributed by atoms with Gasteiger partial charge in [-0.1, -0.05) is 6.92 Å². The second-order valence-electron chi connectivity index (χ2n) is 5.02. The predicted octanol–water partition coefficient (Wildman–Crippen LogP) is 1.05. The van der Waals surface area contributed by atoms with Crippen molar-refractivity contribution in [2.75, 3.05) is 26.3 Å².